The van der Waals surface area contributed by atoms with Crippen molar-refractivity contribution in [3.05, 3.63) is 53.5 Å². The van der Waals surface area contributed by atoms with Gasteiger partial charge in [-0.3, -0.25) is 4.79 Å². The van der Waals surface area contributed by atoms with Crippen molar-refractivity contribution >= 4 is 35.8 Å². The van der Waals surface area contributed by atoms with Crippen LogP contribution in [0.15, 0.2) is 46.0 Å². The summed E-state index contributed by atoms with van der Waals surface area (Å²) in [7, 11) is 0. The van der Waals surface area contributed by atoms with Crippen LogP contribution in [0.3, 0.4) is 0 Å². The number of hydrogen-bond acceptors (Lipinski definition) is 4. The number of rotatable bonds is 9. The fourth-order valence-corrected chi connectivity index (χ4v) is 2.37. The Morgan fingerprint density at radius 2 is 2.03 bits per heavy atom. The molecule has 0 aliphatic carbocycles. The van der Waals surface area contributed by atoms with E-state index in [1.165, 1.54) is 12.3 Å². The lowest BCUT2D eigenvalue weighted by atomic mass is 10.1. The van der Waals surface area contributed by atoms with Crippen LogP contribution in [0.2, 0.25) is 0 Å². The molecule has 0 aliphatic heterocycles. The predicted molar refractivity (Wildman–Crippen MR) is 117 cm³/mol. The maximum Gasteiger partial charge on any atom is 0.387 e. The molecule has 0 aliphatic rings. The van der Waals surface area contributed by atoms with Crippen molar-refractivity contribution in [1.29, 1.82) is 0 Å². The Bertz CT molecular complexity index is 786. The highest BCUT2D eigenvalue weighted by Gasteiger charge is 2.10. The van der Waals surface area contributed by atoms with Crippen LogP contribution >= 0.6 is 24.0 Å². The summed E-state index contributed by atoms with van der Waals surface area (Å²) in [5, 5.41) is 8.62. The fourth-order valence-electron chi connectivity index (χ4n) is 2.37. The Balaban J connectivity index is 0.00000420. The first-order chi connectivity index (χ1) is 13.5. The number of benzene rings is 1. The first-order valence-electron chi connectivity index (χ1n) is 8.83. The molecule has 29 heavy (non-hydrogen) atoms. The van der Waals surface area contributed by atoms with Gasteiger partial charge in [-0.2, -0.15) is 8.78 Å². The van der Waals surface area contributed by atoms with Gasteiger partial charge in [0.1, 0.15) is 11.5 Å². The summed E-state index contributed by atoms with van der Waals surface area (Å²) >= 11 is 0. The molecule has 0 saturated carbocycles. The molecule has 3 N–H and O–H groups in total. The minimum absolute atomic E-state index is 0. The van der Waals surface area contributed by atoms with Crippen molar-refractivity contribution in [1.82, 2.24) is 16.0 Å². The van der Waals surface area contributed by atoms with Gasteiger partial charge >= 0.3 is 6.61 Å². The molecule has 0 atom stereocenters. The number of halogens is 3. The van der Waals surface area contributed by atoms with Crippen molar-refractivity contribution in [2.75, 3.05) is 13.1 Å². The van der Waals surface area contributed by atoms with Crippen LogP contribution in [-0.4, -0.2) is 31.6 Å². The van der Waals surface area contributed by atoms with E-state index in [4.69, 9.17) is 4.42 Å². The van der Waals surface area contributed by atoms with Gasteiger partial charge in [0.25, 0.3) is 0 Å². The normalized spacial score (nSPS) is 11.0. The number of ether oxygens (including phenoxy) is 1. The maximum absolute atomic E-state index is 12.6. The average Bonchev–Trinajstić information content (AvgIpc) is 3.17. The number of carbonyl (C=O) groups is 1. The zero-order chi connectivity index (χ0) is 20.4. The van der Waals surface area contributed by atoms with Crippen LogP contribution in [0, 0.1) is 6.92 Å². The Morgan fingerprint density at radius 1 is 1.24 bits per heavy atom. The molecule has 1 aromatic carbocycles. The molecular weight excluding hydrogens is 497 g/mol. The Hall–Kier alpha value is -2.37. The van der Waals surface area contributed by atoms with E-state index in [2.05, 4.69) is 25.7 Å². The number of amides is 1. The number of nitrogens with one attached hydrogen (secondary N) is 3. The van der Waals surface area contributed by atoms with Gasteiger partial charge in [-0.15, -0.1) is 24.0 Å². The number of nitrogens with zero attached hydrogens (tertiary/aromatic N) is 1. The second-order valence-electron chi connectivity index (χ2n) is 5.89. The molecule has 0 saturated heterocycles. The third-order valence-electron chi connectivity index (χ3n) is 3.64. The smallest absolute Gasteiger partial charge is 0.387 e. The summed E-state index contributed by atoms with van der Waals surface area (Å²) in [5.74, 6) is 0.885. The number of aryl methyl sites for hydroxylation is 1. The molecule has 1 heterocycles. The maximum atomic E-state index is 12.6. The largest absolute Gasteiger partial charge is 0.467 e. The lowest BCUT2D eigenvalue weighted by molar-refractivity contribution is -0.120. The zero-order valence-electron chi connectivity index (χ0n) is 16.2. The summed E-state index contributed by atoms with van der Waals surface area (Å²) in [6.45, 7) is 1.81. The SMILES string of the molecule is CCNC(=NCc1cc(C)ccc1OC(F)F)NCC(=O)NCc1ccco1.I. The van der Waals surface area contributed by atoms with Crippen molar-refractivity contribution in [2.24, 2.45) is 4.99 Å². The van der Waals surface area contributed by atoms with Gasteiger partial charge in [0.2, 0.25) is 5.91 Å². The number of hydrogen-bond donors (Lipinski definition) is 3. The van der Waals surface area contributed by atoms with E-state index in [1.807, 2.05) is 13.8 Å². The lowest BCUT2D eigenvalue weighted by Crippen LogP contribution is -2.43. The van der Waals surface area contributed by atoms with Crippen molar-refractivity contribution in [3.8, 4) is 5.75 Å². The molecule has 0 spiro atoms. The highest BCUT2D eigenvalue weighted by Crippen LogP contribution is 2.22. The van der Waals surface area contributed by atoms with E-state index in [0.717, 1.165) is 5.56 Å². The molecule has 160 valence electrons. The van der Waals surface area contributed by atoms with Gasteiger partial charge in [-0.25, -0.2) is 4.99 Å². The number of guanidine groups is 1. The molecule has 10 heteroatoms. The topological polar surface area (TPSA) is 87.9 Å². The van der Waals surface area contributed by atoms with Crippen LogP contribution in [0.25, 0.3) is 0 Å². The van der Waals surface area contributed by atoms with E-state index in [0.29, 0.717) is 30.4 Å². The van der Waals surface area contributed by atoms with E-state index in [1.54, 1.807) is 24.3 Å². The third-order valence-corrected chi connectivity index (χ3v) is 3.64. The van der Waals surface area contributed by atoms with Gasteiger partial charge in [0.15, 0.2) is 5.96 Å². The van der Waals surface area contributed by atoms with Crippen LogP contribution in [-0.2, 0) is 17.9 Å². The third kappa shape index (κ3) is 9.11. The van der Waals surface area contributed by atoms with Crippen LogP contribution in [0.1, 0.15) is 23.8 Å². The van der Waals surface area contributed by atoms with Crippen molar-refractivity contribution < 1.29 is 22.7 Å². The van der Waals surface area contributed by atoms with Gasteiger partial charge in [0, 0.05) is 12.1 Å². The number of alkyl halides is 2. The molecule has 2 aromatic rings. The monoisotopic (exact) mass is 522 g/mol. The van der Waals surface area contributed by atoms with Crippen molar-refractivity contribution in [3.63, 3.8) is 0 Å². The van der Waals surface area contributed by atoms with Crippen LogP contribution < -0.4 is 20.7 Å². The molecule has 0 bridgehead atoms. The molecule has 7 nitrogen and oxygen atoms in total. The summed E-state index contributed by atoms with van der Waals surface area (Å²) < 4.78 is 34.8. The van der Waals surface area contributed by atoms with Gasteiger partial charge in [0.05, 0.1) is 25.9 Å². The molecule has 1 amide bonds. The molecule has 0 unspecified atom stereocenters. The Kier molecular flexibility index (Phi) is 11.0. The van der Waals surface area contributed by atoms with E-state index < -0.39 is 6.61 Å². The quantitative estimate of drug-likeness (QED) is 0.268. The predicted octanol–water partition coefficient (Wildman–Crippen LogP) is 3.18. The average molecular weight is 522 g/mol. The fraction of sp³-hybridized carbons (Fsp3) is 0.368. The summed E-state index contributed by atoms with van der Waals surface area (Å²) in [5.41, 5.74) is 1.43. The zero-order valence-corrected chi connectivity index (χ0v) is 18.5. The number of furan rings is 1. The van der Waals surface area contributed by atoms with Crippen LogP contribution in [0.4, 0.5) is 8.78 Å². The Labute approximate surface area is 185 Å². The summed E-state index contributed by atoms with van der Waals surface area (Å²) in [4.78, 5) is 16.3. The first kappa shape index (κ1) is 24.7. The van der Waals surface area contributed by atoms with Gasteiger partial charge < -0.3 is 25.1 Å². The Morgan fingerprint density at radius 3 is 2.69 bits per heavy atom. The van der Waals surface area contributed by atoms with E-state index in [9.17, 15) is 13.6 Å². The van der Waals surface area contributed by atoms with E-state index in [-0.39, 0.29) is 48.7 Å². The molecule has 0 fully saturated rings. The standard InChI is InChI=1S/C19H24F2N4O3.HI/c1-3-22-19(25-12-17(26)23-11-15-5-4-8-27-15)24-10-14-9-13(2)6-7-16(14)28-18(20)21;/h4-9,18H,3,10-12H2,1-2H3,(H,23,26)(H2,22,24,25);1H. The molecular formula is C19H25F2IN4O3. The number of carbonyl (C=O) groups excluding carboxylic acids is 1. The molecule has 1 aromatic heterocycles. The van der Waals surface area contributed by atoms with E-state index >= 15 is 0 Å². The van der Waals surface area contributed by atoms with Gasteiger partial charge in [-0.05, 0) is 32.0 Å². The number of aliphatic imine (C=N–C) groups is 1. The molecule has 2 rings (SSSR count). The van der Waals surface area contributed by atoms with Crippen molar-refractivity contribution in [2.45, 2.75) is 33.5 Å². The minimum atomic E-state index is -2.91. The second-order valence-corrected chi connectivity index (χ2v) is 5.89. The summed E-state index contributed by atoms with van der Waals surface area (Å²) in [6.07, 6.45) is 1.53. The lowest BCUT2D eigenvalue weighted by Gasteiger charge is -2.13. The first-order valence-corrected chi connectivity index (χ1v) is 8.83. The van der Waals surface area contributed by atoms with Gasteiger partial charge in [-0.1, -0.05) is 17.7 Å². The second kappa shape index (κ2) is 13.0. The summed E-state index contributed by atoms with van der Waals surface area (Å²) in [6, 6.07) is 8.43. The minimum Gasteiger partial charge on any atom is -0.467 e. The molecule has 0 radical (unpaired) electrons. The highest BCUT2D eigenvalue weighted by atomic mass is 127. The van der Waals surface area contributed by atoms with Crippen LogP contribution in [0.5, 0.6) is 5.75 Å². The highest BCUT2D eigenvalue weighted by molar-refractivity contribution is 14.0.